The van der Waals surface area contributed by atoms with E-state index in [0.717, 1.165) is 34.2 Å². The third-order valence-electron chi connectivity index (χ3n) is 9.82. The zero-order valence-corrected chi connectivity index (χ0v) is 29.7. The zero-order valence-electron chi connectivity index (χ0n) is 29.7. The zero-order chi connectivity index (χ0) is 36.9. The fourth-order valence-electron chi connectivity index (χ4n) is 7.16. The van der Waals surface area contributed by atoms with Gasteiger partial charge in [-0.25, -0.2) is 9.59 Å². The Labute approximate surface area is 306 Å². The molecule has 5 rings (SSSR count). The van der Waals surface area contributed by atoms with Gasteiger partial charge in [-0.05, 0) is 59.9 Å². The van der Waals surface area contributed by atoms with Crippen molar-refractivity contribution in [2.75, 3.05) is 32.9 Å². The van der Waals surface area contributed by atoms with Crippen molar-refractivity contribution in [3.8, 4) is 11.1 Å². The molecule has 10 nitrogen and oxygen atoms in total. The fourth-order valence-corrected chi connectivity index (χ4v) is 7.16. The molecule has 274 valence electrons. The molecule has 0 spiro atoms. The molecule has 0 saturated carbocycles. The number of nitrogens with zero attached hydrogens (tertiary/aromatic N) is 2. The van der Waals surface area contributed by atoms with E-state index in [1.165, 1.54) is 0 Å². The van der Waals surface area contributed by atoms with Crippen LogP contribution in [0.15, 0.2) is 104 Å². The lowest BCUT2D eigenvalue weighted by Gasteiger charge is -2.30. The van der Waals surface area contributed by atoms with Crippen molar-refractivity contribution in [1.82, 2.24) is 15.1 Å². The minimum absolute atomic E-state index is 0.0334. The van der Waals surface area contributed by atoms with Crippen LogP contribution < -0.4 is 5.32 Å². The number of aliphatic hydroxyl groups is 1. The maximum atomic E-state index is 13.9. The van der Waals surface area contributed by atoms with Crippen molar-refractivity contribution in [2.24, 2.45) is 5.92 Å². The first kappa shape index (κ1) is 38.0. The van der Waals surface area contributed by atoms with Gasteiger partial charge in [0.15, 0.2) is 0 Å². The minimum atomic E-state index is -0.965. The van der Waals surface area contributed by atoms with E-state index in [-0.39, 0.29) is 63.0 Å². The maximum absolute atomic E-state index is 13.9. The third kappa shape index (κ3) is 9.55. The molecule has 3 atom stereocenters. The summed E-state index contributed by atoms with van der Waals surface area (Å²) >= 11 is 0. The predicted octanol–water partition coefficient (Wildman–Crippen LogP) is 6.00. The van der Waals surface area contributed by atoms with Crippen LogP contribution in [-0.2, 0) is 30.4 Å². The Morgan fingerprint density at radius 2 is 1.58 bits per heavy atom. The standard InChI is InChI=1S/C42H49N3O7/c1-3-5-22-38(43-42(50)52-29-37-35-20-11-9-18-33(35)34-19-10-12-21-36(34)37)41(49)51-28-32-17-13-23-45(32)40(48)31(14-4-2)26-39(47)44(24-25-46)27-30-15-7-6-8-16-30/h3-4,6-12,15-16,18-21,31-32,37-38,46H,1-2,5,13-14,17,22-29H2,(H,43,50)/t31-,32+,38+/m1/s1. The molecule has 1 fully saturated rings. The van der Waals surface area contributed by atoms with Gasteiger partial charge in [0.1, 0.15) is 19.3 Å². The molecule has 1 aliphatic heterocycles. The van der Waals surface area contributed by atoms with Gasteiger partial charge in [0.05, 0.1) is 18.6 Å². The molecule has 0 bridgehead atoms. The number of benzene rings is 3. The summed E-state index contributed by atoms with van der Waals surface area (Å²) in [6.07, 6.45) is 4.95. The van der Waals surface area contributed by atoms with Crippen molar-refractivity contribution in [1.29, 1.82) is 0 Å². The van der Waals surface area contributed by atoms with E-state index in [9.17, 15) is 24.3 Å². The second kappa shape index (κ2) is 18.9. The Balaban J connectivity index is 1.16. The molecule has 2 N–H and O–H groups in total. The van der Waals surface area contributed by atoms with E-state index in [4.69, 9.17) is 9.47 Å². The molecule has 1 aliphatic carbocycles. The van der Waals surface area contributed by atoms with Crippen LogP contribution in [0.5, 0.6) is 0 Å². The van der Waals surface area contributed by atoms with Crippen molar-refractivity contribution < 1.29 is 33.8 Å². The monoisotopic (exact) mass is 707 g/mol. The van der Waals surface area contributed by atoms with Crippen LogP contribution in [0.1, 0.15) is 61.1 Å². The van der Waals surface area contributed by atoms with Gasteiger partial charge in [-0.15, -0.1) is 13.2 Å². The van der Waals surface area contributed by atoms with Gasteiger partial charge in [0.25, 0.3) is 0 Å². The quantitative estimate of drug-likeness (QED) is 0.123. The Hall–Kier alpha value is -5.22. The number of esters is 1. The van der Waals surface area contributed by atoms with Crippen LogP contribution in [0.2, 0.25) is 0 Å². The van der Waals surface area contributed by atoms with Crippen LogP contribution in [0.3, 0.4) is 0 Å². The molecule has 1 heterocycles. The smallest absolute Gasteiger partial charge is 0.407 e. The van der Waals surface area contributed by atoms with E-state index in [1.807, 2.05) is 66.7 Å². The van der Waals surface area contributed by atoms with Crippen molar-refractivity contribution >= 4 is 23.9 Å². The SMILES string of the molecule is C=CCC[C@H](NC(=O)OCC1c2ccccc2-c2ccccc21)C(=O)OC[C@@H]1CCCN1C(=O)[C@H](CC=C)CC(=O)N(CCO)Cc1ccccc1. The van der Waals surface area contributed by atoms with Crippen LogP contribution in [0, 0.1) is 5.92 Å². The number of rotatable bonds is 18. The van der Waals surface area contributed by atoms with E-state index in [2.05, 4.69) is 30.6 Å². The Morgan fingerprint density at radius 3 is 2.23 bits per heavy atom. The molecule has 3 amide bonds. The first-order chi connectivity index (χ1) is 25.3. The number of carbonyl (C=O) groups is 4. The van der Waals surface area contributed by atoms with Crippen molar-refractivity contribution in [3.63, 3.8) is 0 Å². The number of fused-ring (bicyclic) bond motifs is 3. The topological polar surface area (TPSA) is 125 Å². The predicted molar refractivity (Wildman–Crippen MR) is 199 cm³/mol. The summed E-state index contributed by atoms with van der Waals surface area (Å²) in [5.41, 5.74) is 5.34. The average molecular weight is 708 g/mol. The van der Waals surface area contributed by atoms with E-state index >= 15 is 0 Å². The molecule has 1 saturated heterocycles. The van der Waals surface area contributed by atoms with Crippen LogP contribution >= 0.6 is 0 Å². The second-order valence-electron chi connectivity index (χ2n) is 13.3. The normalized spacial score (nSPS) is 15.9. The summed E-state index contributed by atoms with van der Waals surface area (Å²) in [5.74, 6) is -1.81. The van der Waals surface area contributed by atoms with Crippen molar-refractivity contribution in [3.05, 3.63) is 121 Å². The highest BCUT2D eigenvalue weighted by Crippen LogP contribution is 2.44. The number of nitrogens with one attached hydrogen (secondary N) is 1. The second-order valence-corrected chi connectivity index (χ2v) is 13.3. The Kier molecular flexibility index (Phi) is 13.8. The number of amides is 3. The Morgan fingerprint density at radius 1 is 0.904 bits per heavy atom. The number of ether oxygens (including phenoxy) is 2. The lowest BCUT2D eigenvalue weighted by molar-refractivity contribution is -0.151. The maximum Gasteiger partial charge on any atom is 0.407 e. The number of hydrogen-bond donors (Lipinski definition) is 2. The molecule has 0 radical (unpaired) electrons. The molecule has 2 aliphatic rings. The van der Waals surface area contributed by atoms with Gasteiger partial charge in [-0.2, -0.15) is 0 Å². The van der Waals surface area contributed by atoms with E-state index in [0.29, 0.717) is 32.4 Å². The summed E-state index contributed by atoms with van der Waals surface area (Å²) in [6.45, 7) is 8.40. The number of alkyl carbamates (subject to hydrolysis) is 1. The summed E-state index contributed by atoms with van der Waals surface area (Å²) in [5, 5.41) is 12.3. The van der Waals surface area contributed by atoms with Gasteiger partial charge in [0, 0.05) is 32.0 Å². The average Bonchev–Trinajstić information content (AvgIpc) is 3.77. The lowest BCUT2D eigenvalue weighted by atomic mass is 9.98. The number of aliphatic hydroxyl groups excluding tert-OH is 1. The van der Waals surface area contributed by atoms with Gasteiger partial charge in [0.2, 0.25) is 11.8 Å². The highest BCUT2D eigenvalue weighted by Gasteiger charge is 2.36. The number of allylic oxidation sites excluding steroid dienone is 2. The van der Waals surface area contributed by atoms with Crippen LogP contribution in [0.25, 0.3) is 11.1 Å². The first-order valence-electron chi connectivity index (χ1n) is 18.1. The number of hydrogen-bond acceptors (Lipinski definition) is 7. The van der Waals surface area contributed by atoms with E-state index in [1.54, 1.807) is 22.0 Å². The summed E-state index contributed by atoms with van der Waals surface area (Å²) < 4.78 is 11.4. The number of carbonyl (C=O) groups excluding carboxylic acids is 4. The summed E-state index contributed by atoms with van der Waals surface area (Å²) in [6, 6.07) is 24.3. The third-order valence-corrected chi connectivity index (χ3v) is 9.82. The minimum Gasteiger partial charge on any atom is -0.462 e. The van der Waals surface area contributed by atoms with Gasteiger partial charge >= 0.3 is 12.1 Å². The lowest BCUT2D eigenvalue weighted by Crippen LogP contribution is -2.46. The fraction of sp³-hybridized carbons (Fsp3) is 0.381. The molecule has 0 unspecified atom stereocenters. The van der Waals surface area contributed by atoms with Crippen molar-refractivity contribution in [2.45, 2.75) is 63.1 Å². The van der Waals surface area contributed by atoms with Gasteiger partial charge in [-0.1, -0.05) is 91.0 Å². The molecule has 3 aromatic carbocycles. The van der Waals surface area contributed by atoms with Gasteiger partial charge in [-0.3, -0.25) is 9.59 Å². The van der Waals surface area contributed by atoms with E-state index < -0.39 is 24.0 Å². The van der Waals surface area contributed by atoms with Crippen LogP contribution in [0.4, 0.5) is 4.79 Å². The van der Waals surface area contributed by atoms with Gasteiger partial charge < -0.3 is 29.7 Å². The molecular formula is C42H49N3O7. The Bertz CT molecular complexity index is 1660. The number of likely N-dealkylation sites (tertiary alicyclic amines) is 1. The molecule has 0 aromatic heterocycles. The first-order valence-corrected chi connectivity index (χ1v) is 18.1. The molecule has 52 heavy (non-hydrogen) atoms. The summed E-state index contributed by atoms with van der Waals surface area (Å²) in [7, 11) is 0. The summed E-state index contributed by atoms with van der Waals surface area (Å²) in [4.78, 5) is 56.9. The molecule has 3 aromatic rings. The largest absolute Gasteiger partial charge is 0.462 e. The highest BCUT2D eigenvalue weighted by molar-refractivity contribution is 5.86. The highest BCUT2D eigenvalue weighted by atomic mass is 16.6. The molecular weight excluding hydrogens is 658 g/mol. The molecule has 10 heteroatoms. The van der Waals surface area contributed by atoms with Crippen LogP contribution in [-0.4, -0.2) is 83.8 Å².